The zero-order valence-corrected chi connectivity index (χ0v) is 19.3. The Morgan fingerprint density at radius 3 is 2.18 bits per heavy atom. The molecular formula is C25H19N2NiO5S-. The van der Waals surface area contributed by atoms with Crippen LogP contribution in [0.4, 0.5) is 17.1 Å². The molecule has 0 fully saturated rings. The van der Waals surface area contributed by atoms with Gasteiger partial charge in [0.25, 0.3) is 0 Å². The SMILES string of the molecule is O=C(C=Nc1ccccc1[S-])c1ccco1.O=C(O)c1ccccc1Nc1ccccc1O.[Ni]. The molecule has 0 unspecified atom stereocenters. The molecular weight excluding hydrogens is 499 g/mol. The number of Topliss-reactive ketones (excluding diaryl/α,β-unsaturated/α-hetero) is 1. The molecule has 0 saturated carbocycles. The van der Waals surface area contributed by atoms with E-state index in [1.54, 1.807) is 60.7 Å². The minimum atomic E-state index is -1.01. The molecule has 0 bridgehead atoms. The Morgan fingerprint density at radius 1 is 0.882 bits per heavy atom. The number of para-hydroxylation sites is 4. The Kier molecular flexibility index (Phi) is 10.0. The zero-order valence-electron chi connectivity index (χ0n) is 17.5. The van der Waals surface area contributed by atoms with Crippen LogP contribution in [0.5, 0.6) is 5.75 Å². The number of hydrogen-bond donors (Lipinski definition) is 3. The summed E-state index contributed by atoms with van der Waals surface area (Å²) in [4.78, 5) is 27.1. The number of phenols is 1. The number of nitrogens with zero attached hydrogens (tertiary/aromatic N) is 1. The van der Waals surface area contributed by atoms with Gasteiger partial charge in [0.1, 0.15) is 5.75 Å². The largest absolute Gasteiger partial charge is 0.778 e. The molecule has 4 rings (SSSR count). The second-order valence-electron chi connectivity index (χ2n) is 6.56. The Morgan fingerprint density at radius 2 is 1.53 bits per heavy atom. The molecule has 1 aromatic heterocycles. The Hall–Kier alpha value is -3.94. The second kappa shape index (κ2) is 12.9. The quantitative estimate of drug-likeness (QED) is 0.100. The summed E-state index contributed by atoms with van der Waals surface area (Å²) >= 11 is 5.06. The molecule has 0 aliphatic carbocycles. The number of nitrogens with one attached hydrogen (secondary N) is 1. The molecule has 0 amide bonds. The van der Waals surface area contributed by atoms with Crippen LogP contribution in [0.25, 0.3) is 0 Å². The Labute approximate surface area is 211 Å². The topological polar surface area (TPSA) is 112 Å². The summed E-state index contributed by atoms with van der Waals surface area (Å²) < 4.78 is 4.95. The van der Waals surface area contributed by atoms with Crippen LogP contribution in [0, 0.1) is 0 Å². The predicted molar refractivity (Wildman–Crippen MR) is 128 cm³/mol. The molecule has 7 nitrogen and oxygen atoms in total. The number of rotatable bonds is 6. The first-order valence-corrected chi connectivity index (χ1v) is 10.1. The molecule has 0 atom stereocenters. The number of furan rings is 1. The number of carboxylic acids is 1. The molecule has 34 heavy (non-hydrogen) atoms. The molecule has 0 saturated heterocycles. The van der Waals surface area contributed by atoms with E-state index in [0.29, 0.717) is 22.0 Å². The van der Waals surface area contributed by atoms with E-state index in [2.05, 4.69) is 10.3 Å². The van der Waals surface area contributed by atoms with Gasteiger partial charge in [-0.1, -0.05) is 42.5 Å². The normalized spacial score (nSPS) is 10.0. The molecule has 0 aliphatic rings. The zero-order chi connectivity index (χ0) is 23.6. The summed E-state index contributed by atoms with van der Waals surface area (Å²) in [5, 5.41) is 21.5. The van der Waals surface area contributed by atoms with Crippen molar-refractivity contribution < 1.29 is 40.7 Å². The van der Waals surface area contributed by atoms with Gasteiger partial charge >= 0.3 is 5.97 Å². The molecule has 3 aromatic carbocycles. The maximum absolute atomic E-state index is 11.5. The summed E-state index contributed by atoms with van der Waals surface area (Å²) in [5.41, 5.74) is 1.69. The van der Waals surface area contributed by atoms with Gasteiger partial charge in [-0.25, -0.2) is 4.79 Å². The molecule has 4 aromatic rings. The van der Waals surface area contributed by atoms with E-state index in [4.69, 9.17) is 22.2 Å². The van der Waals surface area contributed by atoms with Gasteiger partial charge < -0.3 is 32.6 Å². The number of carbonyl (C=O) groups excluding carboxylic acids is 1. The van der Waals surface area contributed by atoms with E-state index >= 15 is 0 Å². The van der Waals surface area contributed by atoms with Gasteiger partial charge in [-0.3, -0.25) is 9.79 Å². The maximum atomic E-state index is 11.5. The number of hydrogen-bond acceptors (Lipinski definition) is 7. The minimum Gasteiger partial charge on any atom is -0.778 e. The number of benzene rings is 3. The van der Waals surface area contributed by atoms with E-state index in [1.807, 2.05) is 12.1 Å². The predicted octanol–water partition coefficient (Wildman–Crippen LogP) is 5.60. The third-order valence-corrected chi connectivity index (χ3v) is 4.63. The number of anilines is 2. The van der Waals surface area contributed by atoms with E-state index in [1.165, 1.54) is 24.6 Å². The monoisotopic (exact) mass is 517 g/mol. The third-order valence-electron chi connectivity index (χ3n) is 4.28. The van der Waals surface area contributed by atoms with Crippen LogP contribution < -0.4 is 5.32 Å². The average Bonchev–Trinajstić information content (AvgIpc) is 3.36. The van der Waals surface area contributed by atoms with Crippen molar-refractivity contribution in [1.82, 2.24) is 0 Å². The van der Waals surface area contributed by atoms with E-state index in [0.717, 1.165) is 0 Å². The summed E-state index contributed by atoms with van der Waals surface area (Å²) in [6.45, 7) is 0. The third kappa shape index (κ3) is 7.30. The fourth-order valence-electron chi connectivity index (χ4n) is 2.68. The van der Waals surface area contributed by atoms with Crippen molar-refractivity contribution in [2.75, 3.05) is 5.32 Å². The first kappa shape index (κ1) is 26.3. The number of carbonyl (C=O) groups is 2. The summed E-state index contributed by atoms with van der Waals surface area (Å²) in [7, 11) is 0. The molecule has 0 aliphatic heterocycles. The molecule has 0 spiro atoms. The van der Waals surface area contributed by atoms with E-state index < -0.39 is 5.97 Å². The van der Waals surface area contributed by atoms with Crippen LogP contribution in [0.3, 0.4) is 0 Å². The average molecular weight is 518 g/mol. The van der Waals surface area contributed by atoms with Gasteiger partial charge in [-0.05, 0) is 42.5 Å². The summed E-state index contributed by atoms with van der Waals surface area (Å²) in [6.07, 6.45) is 2.66. The van der Waals surface area contributed by atoms with Crippen LogP contribution in [0.2, 0.25) is 0 Å². The summed E-state index contributed by atoms with van der Waals surface area (Å²) in [5.74, 6) is -0.940. The smallest absolute Gasteiger partial charge is 0.337 e. The Bertz CT molecular complexity index is 1280. The number of aromatic carboxylic acids is 1. The van der Waals surface area contributed by atoms with Crippen molar-refractivity contribution in [3.63, 3.8) is 0 Å². The number of phenolic OH excluding ortho intramolecular Hbond substituents is 1. The fraction of sp³-hybridized carbons (Fsp3) is 0. The van der Waals surface area contributed by atoms with Gasteiger partial charge in [-0.2, -0.15) is 0 Å². The van der Waals surface area contributed by atoms with Crippen molar-refractivity contribution in [1.29, 1.82) is 0 Å². The standard InChI is InChI=1S/C13H11NO3.C12H9NO2S.Ni/c15-12-8-4-3-7-11(12)14-10-6-2-1-5-9(10)13(16)17;14-10(11-5-3-7-15-11)8-13-9-4-1-2-6-12(9)16;/h1-8,14-15H,(H,16,17);1-8,16H;/p-1. The molecule has 0 radical (unpaired) electrons. The van der Waals surface area contributed by atoms with Gasteiger partial charge in [0.2, 0.25) is 5.78 Å². The maximum Gasteiger partial charge on any atom is 0.337 e. The van der Waals surface area contributed by atoms with Crippen LogP contribution in [-0.2, 0) is 29.1 Å². The first-order valence-electron chi connectivity index (χ1n) is 9.71. The van der Waals surface area contributed by atoms with Gasteiger partial charge in [0, 0.05) is 22.2 Å². The Balaban J connectivity index is 0.000000234. The van der Waals surface area contributed by atoms with E-state index in [9.17, 15) is 14.7 Å². The van der Waals surface area contributed by atoms with Gasteiger partial charge in [-0.15, -0.1) is 4.90 Å². The van der Waals surface area contributed by atoms with Crippen LogP contribution in [-0.4, -0.2) is 28.2 Å². The van der Waals surface area contributed by atoms with Crippen molar-refractivity contribution in [2.45, 2.75) is 4.90 Å². The minimum absolute atomic E-state index is 0. The number of aliphatic imine (C=N–C) groups is 1. The van der Waals surface area contributed by atoms with Crippen molar-refractivity contribution in [3.8, 4) is 5.75 Å². The molecule has 3 N–H and O–H groups in total. The van der Waals surface area contributed by atoms with Crippen LogP contribution in [0.1, 0.15) is 20.9 Å². The number of carboxylic acid groups (broad SMARTS) is 1. The molecule has 1 heterocycles. The van der Waals surface area contributed by atoms with Gasteiger partial charge in [0.15, 0.2) is 5.76 Å². The number of ketones is 1. The van der Waals surface area contributed by atoms with Crippen LogP contribution in [0.15, 0.2) is 105 Å². The first-order chi connectivity index (χ1) is 16.0. The molecule has 9 heteroatoms. The van der Waals surface area contributed by atoms with Crippen molar-refractivity contribution >= 4 is 47.7 Å². The summed E-state index contributed by atoms with van der Waals surface area (Å²) in [6, 6.07) is 23.6. The van der Waals surface area contributed by atoms with Gasteiger partial charge in [0.05, 0.1) is 29.4 Å². The van der Waals surface area contributed by atoms with Crippen molar-refractivity contribution in [2.24, 2.45) is 4.99 Å². The molecule has 176 valence electrons. The van der Waals surface area contributed by atoms with E-state index in [-0.39, 0.29) is 39.3 Å². The number of aromatic hydroxyl groups is 1. The van der Waals surface area contributed by atoms with Crippen LogP contribution >= 0.6 is 0 Å². The fourth-order valence-corrected chi connectivity index (χ4v) is 2.88. The second-order valence-corrected chi connectivity index (χ2v) is 7.00. The van der Waals surface area contributed by atoms with Crippen molar-refractivity contribution in [3.05, 3.63) is 103 Å².